The third-order valence-corrected chi connectivity index (χ3v) is 6.75. The Balaban J connectivity index is 2.05. The lowest BCUT2D eigenvalue weighted by molar-refractivity contribution is -0.129. The predicted molar refractivity (Wildman–Crippen MR) is 92.5 cm³/mol. The van der Waals surface area contributed by atoms with E-state index in [-0.39, 0.29) is 10.8 Å². The average molecular weight is 296 g/mol. The number of allylic oxidation sites excluding steroid dienone is 1. The van der Waals surface area contributed by atoms with Crippen LogP contribution in [-0.2, 0) is 4.79 Å². The summed E-state index contributed by atoms with van der Waals surface area (Å²) < 4.78 is 0. The molecule has 0 heterocycles. The predicted octanol–water partition coefficient (Wildman–Crippen LogP) is 5.29. The van der Waals surface area contributed by atoms with Gasteiger partial charge in [0.15, 0.2) is 5.78 Å². The SMILES string of the molecule is Cc1ccc(/C=C2/C(=O)C3(C)C(C(C)C)CC2C3(C)C)cc1. The van der Waals surface area contributed by atoms with E-state index in [0.29, 0.717) is 23.5 Å². The Kier molecular flexibility index (Phi) is 3.39. The summed E-state index contributed by atoms with van der Waals surface area (Å²) in [7, 11) is 0. The van der Waals surface area contributed by atoms with Gasteiger partial charge in [0, 0.05) is 5.41 Å². The van der Waals surface area contributed by atoms with Crippen molar-refractivity contribution in [1.29, 1.82) is 0 Å². The molecule has 0 amide bonds. The highest BCUT2D eigenvalue weighted by Gasteiger charge is 2.68. The molecule has 2 aliphatic rings. The highest BCUT2D eigenvalue weighted by Crippen LogP contribution is 2.69. The Morgan fingerprint density at radius 2 is 1.73 bits per heavy atom. The zero-order chi connectivity index (χ0) is 16.3. The van der Waals surface area contributed by atoms with Gasteiger partial charge in [0.2, 0.25) is 0 Å². The van der Waals surface area contributed by atoms with Crippen molar-refractivity contribution in [2.75, 3.05) is 0 Å². The molecule has 0 N–H and O–H groups in total. The lowest BCUT2D eigenvalue weighted by atomic mass is 9.63. The topological polar surface area (TPSA) is 17.1 Å². The van der Waals surface area contributed by atoms with Crippen LogP contribution in [-0.4, -0.2) is 5.78 Å². The fraction of sp³-hybridized carbons (Fsp3) is 0.571. The Morgan fingerprint density at radius 1 is 1.14 bits per heavy atom. The number of rotatable bonds is 2. The Bertz CT molecular complexity index is 632. The molecule has 118 valence electrons. The van der Waals surface area contributed by atoms with E-state index in [1.54, 1.807) is 0 Å². The van der Waals surface area contributed by atoms with Crippen molar-refractivity contribution in [2.45, 2.75) is 48.0 Å². The summed E-state index contributed by atoms with van der Waals surface area (Å²) in [5.41, 5.74) is 3.33. The van der Waals surface area contributed by atoms with Crippen molar-refractivity contribution in [2.24, 2.45) is 28.6 Å². The van der Waals surface area contributed by atoms with Crippen molar-refractivity contribution in [3.63, 3.8) is 0 Å². The first-order chi connectivity index (χ1) is 10.2. The average Bonchev–Trinajstić information content (AvgIpc) is 2.73. The zero-order valence-electron chi connectivity index (χ0n) is 14.7. The van der Waals surface area contributed by atoms with Crippen LogP contribution in [0.3, 0.4) is 0 Å². The van der Waals surface area contributed by atoms with Crippen LogP contribution in [0.4, 0.5) is 0 Å². The summed E-state index contributed by atoms with van der Waals surface area (Å²) in [6, 6.07) is 8.48. The molecule has 1 aromatic rings. The van der Waals surface area contributed by atoms with Gasteiger partial charge in [0.05, 0.1) is 0 Å². The van der Waals surface area contributed by atoms with Crippen LogP contribution in [0.1, 0.15) is 52.2 Å². The van der Waals surface area contributed by atoms with Gasteiger partial charge in [-0.25, -0.2) is 0 Å². The van der Waals surface area contributed by atoms with E-state index in [9.17, 15) is 4.79 Å². The van der Waals surface area contributed by atoms with Gasteiger partial charge in [-0.15, -0.1) is 0 Å². The molecule has 0 radical (unpaired) electrons. The Morgan fingerprint density at radius 3 is 2.23 bits per heavy atom. The summed E-state index contributed by atoms with van der Waals surface area (Å²) in [6.45, 7) is 13.4. The Labute approximate surface area is 134 Å². The summed E-state index contributed by atoms with van der Waals surface area (Å²) in [5.74, 6) is 1.88. The van der Waals surface area contributed by atoms with Gasteiger partial charge in [0.1, 0.15) is 0 Å². The lowest BCUT2D eigenvalue weighted by Crippen LogP contribution is -2.40. The van der Waals surface area contributed by atoms with Gasteiger partial charge >= 0.3 is 0 Å². The molecule has 0 aliphatic heterocycles. The molecule has 0 saturated heterocycles. The molecule has 1 aromatic carbocycles. The number of benzene rings is 1. The van der Waals surface area contributed by atoms with Crippen LogP contribution < -0.4 is 0 Å². The molecule has 3 rings (SSSR count). The number of carbonyl (C=O) groups is 1. The second kappa shape index (κ2) is 4.81. The van der Waals surface area contributed by atoms with Gasteiger partial charge in [0.25, 0.3) is 0 Å². The van der Waals surface area contributed by atoms with E-state index in [0.717, 1.165) is 17.6 Å². The number of fused-ring (bicyclic) bond motifs is 2. The van der Waals surface area contributed by atoms with Gasteiger partial charge < -0.3 is 0 Å². The maximum absolute atomic E-state index is 13.2. The van der Waals surface area contributed by atoms with Crippen molar-refractivity contribution in [1.82, 2.24) is 0 Å². The van der Waals surface area contributed by atoms with E-state index in [1.807, 2.05) is 0 Å². The third-order valence-electron chi connectivity index (χ3n) is 6.75. The van der Waals surface area contributed by atoms with E-state index in [2.05, 4.69) is 71.9 Å². The quantitative estimate of drug-likeness (QED) is 0.678. The number of carbonyl (C=O) groups excluding carboxylic acids is 1. The van der Waals surface area contributed by atoms with Crippen LogP contribution in [0.25, 0.3) is 6.08 Å². The fourth-order valence-electron chi connectivity index (χ4n) is 5.01. The second-order valence-electron chi connectivity index (χ2n) is 8.40. The summed E-state index contributed by atoms with van der Waals surface area (Å²) in [6.07, 6.45) is 3.31. The molecule has 3 unspecified atom stereocenters. The molecule has 0 aromatic heterocycles. The number of aryl methyl sites for hydroxylation is 1. The number of hydrogen-bond donors (Lipinski definition) is 0. The first kappa shape index (κ1) is 15.5. The fourth-order valence-corrected chi connectivity index (χ4v) is 5.01. The molecule has 2 aliphatic carbocycles. The van der Waals surface area contributed by atoms with Crippen molar-refractivity contribution in [3.05, 3.63) is 41.0 Å². The second-order valence-corrected chi connectivity index (χ2v) is 8.40. The van der Waals surface area contributed by atoms with E-state index < -0.39 is 0 Å². The third kappa shape index (κ3) is 1.87. The maximum Gasteiger partial charge on any atom is 0.165 e. The first-order valence-corrected chi connectivity index (χ1v) is 8.52. The van der Waals surface area contributed by atoms with Gasteiger partial charge in [-0.3, -0.25) is 4.79 Å². The minimum atomic E-state index is -0.206. The molecule has 22 heavy (non-hydrogen) atoms. The molecule has 1 nitrogen and oxygen atoms in total. The zero-order valence-corrected chi connectivity index (χ0v) is 14.7. The Hall–Kier alpha value is -1.37. The van der Waals surface area contributed by atoms with E-state index in [4.69, 9.17) is 0 Å². The first-order valence-electron chi connectivity index (χ1n) is 8.52. The number of Topliss-reactive ketones (excluding diaryl/α,β-unsaturated/α-hetero) is 1. The van der Waals surface area contributed by atoms with Gasteiger partial charge in [-0.1, -0.05) is 64.4 Å². The van der Waals surface area contributed by atoms with Crippen LogP contribution in [0.2, 0.25) is 0 Å². The van der Waals surface area contributed by atoms with Crippen molar-refractivity contribution >= 4 is 11.9 Å². The molecular formula is C21H28O. The lowest BCUT2D eigenvalue weighted by Gasteiger charge is -2.39. The molecule has 2 saturated carbocycles. The van der Waals surface area contributed by atoms with Crippen LogP contribution >= 0.6 is 0 Å². The minimum Gasteiger partial charge on any atom is -0.294 e. The number of ketones is 1. The van der Waals surface area contributed by atoms with Gasteiger partial charge in [-0.2, -0.15) is 0 Å². The normalized spacial score (nSPS) is 34.9. The maximum atomic E-state index is 13.2. The molecular weight excluding hydrogens is 268 g/mol. The minimum absolute atomic E-state index is 0.0650. The molecule has 2 bridgehead atoms. The highest BCUT2D eigenvalue weighted by atomic mass is 16.1. The highest BCUT2D eigenvalue weighted by molar-refractivity contribution is 6.08. The summed E-state index contributed by atoms with van der Waals surface area (Å²) in [5, 5.41) is 0. The summed E-state index contributed by atoms with van der Waals surface area (Å²) in [4.78, 5) is 13.2. The smallest absolute Gasteiger partial charge is 0.165 e. The molecule has 0 spiro atoms. The summed E-state index contributed by atoms with van der Waals surface area (Å²) >= 11 is 0. The standard InChI is InChI=1S/C21H28O/c1-13(2)17-12-18-16(11-15-9-7-14(3)8-10-15)19(22)21(17,6)20(18,4)5/h7-11,13,17-18H,12H2,1-6H3/b16-11+. The molecule has 1 heteroatoms. The van der Waals surface area contributed by atoms with E-state index >= 15 is 0 Å². The van der Waals surface area contributed by atoms with Crippen LogP contribution in [0.5, 0.6) is 0 Å². The van der Waals surface area contributed by atoms with E-state index in [1.165, 1.54) is 5.56 Å². The van der Waals surface area contributed by atoms with Crippen molar-refractivity contribution in [3.8, 4) is 0 Å². The molecule has 2 fully saturated rings. The van der Waals surface area contributed by atoms with Crippen molar-refractivity contribution < 1.29 is 4.79 Å². The molecule has 3 atom stereocenters. The van der Waals surface area contributed by atoms with Crippen LogP contribution in [0, 0.1) is 35.5 Å². The number of hydrogen-bond acceptors (Lipinski definition) is 1. The monoisotopic (exact) mass is 296 g/mol. The van der Waals surface area contributed by atoms with Gasteiger partial charge in [-0.05, 0) is 53.7 Å². The largest absolute Gasteiger partial charge is 0.294 e. The van der Waals surface area contributed by atoms with Crippen LogP contribution in [0.15, 0.2) is 29.8 Å².